The lowest BCUT2D eigenvalue weighted by Gasteiger charge is -2.10. The van der Waals surface area contributed by atoms with E-state index in [0.717, 1.165) is 40.9 Å². The van der Waals surface area contributed by atoms with Gasteiger partial charge in [0.1, 0.15) is 12.4 Å². The number of hydrogen-bond acceptors (Lipinski definition) is 4. The number of hydrogen-bond donors (Lipinski definition) is 1. The molecule has 5 nitrogen and oxygen atoms in total. The first-order valence-electron chi connectivity index (χ1n) is 8.78. The molecule has 0 aliphatic carbocycles. The van der Waals surface area contributed by atoms with Crippen LogP contribution in [0.5, 0.6) is 5.75 Å². The van der Waals surface area contributed by atoms with Gasteiger partial charge in [0.05, 0.1) is 11.8 Å². The monoisotopic (exact) mass is 382 g/mol. The Balaban J connectivity index is 1.53. The molecular formula is C21H22N2O3S. The van der Waals surface area contributed by atoms with Gasteiger partial charge < -0.3 is 9.30 Å². The predicted octanol–water partition coefficient (Wildman–Crippen LogP) is 4.14. The summed E-state index contributed by atoms with van der Waals surface area (Å²) in [6.07, 6.45) is 8.48. The second kappa shape index (κ2) is 8.77. The molecule has 1 aliphatic rings. The van der Waals surface area contributed by atoms with Gasteiger partial charge in [0.25, 0.3) is 5.24 Å². The molecule has 0 saturated carbocycles. The summed E-state index contributed by atoms with van der Waals surface area (Å²) in [5.41, 5.74) is 3.22. The van der Waals surface area contributed by atoms with Crippen LogP contribution in [0.1, 0.15) is 23.7 Å². The summed E-state index contributed by atoms with van der Waals surface area (Å²) in [7, 11) is 0. The SMILES string of the molecule is C=Cc1c(/C=C\C)ccn1CCOc1ccc(CC2SC(=O)NC2=O)cc1. The highest BCUT2D eigenvalue weighted by Gasteiger charge is 2.31. The molecule has 6 heteroatoms. The number of thioether (sulfide) groups is 1. The lowest BCUT2D eigenvalue weighted by molar-refractivity contribution is -0.118. The molecule has 0 spiro atoms. The molecule has 1 N–H and O–H groups in total. The maximum Gasteiger partial charge on any atom is 0.286 e. The Labute approximate surface area is 163 Å². The van der Waals surface area contributed by atoms with Crippen molar-refractivity contribution in [1.29, 1.82) is 0 Å². The van der Waals surface area contributed by atoms with Crippen LogP contribution >= 0.6 is 11.8 Å². The van der Waals surface area contributed by atoms with Gasteiger partial charge in [-0.3, -0.25) is 14.9 Å². The number of imide groups is 1. The number of ether oxygens (including phenoxy) is 1. The fraction of sp³-hybridized carbons (Fsp3) is 0.238. The van der Waals surface area contributed by atoms with Crippen molar-refractivity contribution < 1.29 is 14.3 Å². The van der Waals surface area contributed by atoms with Crippen LogP contribution in [0.2, 0.25) is 0 Å². The van der Waals surface area contributed by atoms with Crippen molar-refractivity contribution in [2.75, 3.05) is 6.61 Å². The Morgan fingerprint density at radius 3 is 2.67 bits per heavy atom. The van der Waals surface area contributed by atoms with Crippen LogP contribution in [0.25, 0.3) is 12.2 Å². The van der Waals surface area contributed by atoms with E-state index in [1.165, 1.54) is 0 Å². The Hall–Kier alpha value is -2.73. The summed E-state index contributed by atoms with van der Waals surface area (Å²) < 4.78 is 7.94. The van der Waals surface area contributed by atoms with Crippen LogP contribution in [0.3, 0.4) is 0 Å². The minimum absolute atomic E-state index is 0.215. The molecule has 1 aromatic heterocycles. The molecule has 1 aliphatic heterocycles. The van der Waals surface area contributed by atoms with E-state index in [9.17, 15) is 9.59 Å². The number of nitrogens with one attached hydrogen (secondary N) is 1. The summed E-state index contributed by atoms with van der Waals surface area (Å²) >= 11 is 1.05. The zero-order chi connectivity index (χ0) is 19.2. The van der Waals surface area contributed by atoms with Gasteiger partial charge in [0.15, 0.2) is 0 Å². The Kier molecular flexibility index (Phi) is 6.19. The summed E-state index contributed by atoms with van der Waals surface area (Å²) in [6.45, 7) is 7.15. The van der Waals surface area contributed by atoms with E-state index in [2.05, 4.69) is 28.6 Å². The quantitative estimate of drug-likeness (QED) is 0.745. The smallest absolute Gasteiger partial charge is 0.286 e. The molecule has 1 aromatic carbocycles. The van der Waals surface area contributed by atoms with Gasteiger partial charge in [0, 0.05) is 11.9 Å². The highest BCUT2D eigenvalue weighted by atomic mass is 32.2. The summed E-state index contributed by atoms with van der Waals surface area (Å²) in [4.78, 5) is 22.9. The van der Waals surface area contributed by atoms with Crippen molar-refractivity contribution in [2.45, 2.75) is 25.1 Å². The van der Waals surface area contributed by atoms with Crippen molar-refractivity contribution in [3.63, 3.8) is 0 Å². The largest absolute Gasteiger partial charge is 0.492 e. The van der Waals surface area contributed by atoms with Gasteiger partial charge in [0.2, 0.25) is 5.91 Å². The molecule has 2 heterocycles. The molecule has 27 heavy (non-hydrogen) atoms. The Morgan fingerprint density at radius 2 is 2.04 bits per heavy atom. The molecule has 1 saturated heterocycles. The number of rotatable bonds is 8. The van der Waals surface area contributed by atoms with Crippen molar-refractivity contribution in [3.05, 3.63) is 66.0 Å². The topological polar surface area (TPSA) is 60.3 Å². The van der Waals surface area contributed by atoms with Crippen molar-refractivity contribution >= 4 is 35.1 Å². The van der Waals surface area contributed by atoms with E-state index in [-0.39, 0.29) is 16.4 Å². The van der Waals surface area contributed by atoms with Crippen LogP contribution < -0.4 is 10.1 Å². The fourth-order valence-electron chi connectivity index (χ4n) is 2.98. The Morgan fingerprint density at radius 1 is 1.26 bits per heavy atom. The molecule has 1 unspecified atom stereocenters. The number of allylic oxidation sites excluding steroid dienone is 1. The summed E-state index contributed by atoms with van der Waals surface area (Å²) in [6, 6.07) is 9.71. The second-order valence-electron chi connectivity index (χ2n) is 6.13. The van der Waals surface area contributed by atoms with Crippen LogP contribution in [0.4, 0.5) is 4.79 Å². The van der Waals surface area contributed by atoms with Gasteiger partial charge in [-0.25, -0.2) is 0 Å². The van der Waals surface area contributed by atoms with Gasteiger partial charge in [-0.15, -0.1) is 0 Å². The number of carbonyl (C=O) groups is 2. The number of amides is 2. The summed E-state index contributed by atoms with van der Waals surface area (Å²) in [5, 5.41) is 1.69. The predicted molar refractivity (Wildman–Crippen MR) is 110 cm³/mol. The minimum Gasteiger partial charge on any atom is -0.492 e. The molecule has 1 fully saturated rings. The molecule has 0 bridgehead atoms. The third-order valence-corrected chi connectivity index (χ3v) is 5.27. The van der Waals surface area contributed by atoms with Crippen LogP contribution in [0, 0.1) is 0 Å². The van der Waals surface area contributed by atoms with E-state index in [4.69, 9.17) is 4.74 Å². The van der Waals surface area contributed by atoms with Crippen LogP contribution in [-0.4, -0.2) is 27.6 Å². The van der Waals surface area contributed by atoms with Crippen molar-refractivity contribution in [3.8, 4) is 5.75 Å². The van der Waals surface area contributed by atoms with E-state index in [1.54, 1.807) is 0 Å². The van der Waals surface area contributed by atoms with E-state index in [1.807, 2.05) is 49.5 Å². The molecule has 2 amide bonds. The van der Waals surface area contributed by atoms with E-state index in [0.29, 0.717) is 13.0 Å². The molecule has 3 rings (SSSR count). The van der Waals surface area contributed by atoms with Gasteiger partial charge >= 0.3 is 0 Å². The first kappa shape index (κ1) is 19.0. The standard InChI is InChI=1S/C21H22N2O3S/c1-3-5-16-10-11-23(18(16)4-2)12-13-26-17-8-6-15(7-9-17)14-19-20(24)22-21(25)27-19/h3-11,19H,2,12-14H2,1H3,(H,22,24,25)/b5-3-. The zero-order valence-corrected chi connectivity index (χ0v) is 16.0. The lowest BCUT2D eigenvalue weighted by atomic mass is 10.1. The third-order valence-electron chi connectivity index (χ3n) is 4.29. The van der Waals surface area contributed by atoms with Crippen LogP contribution in [-0.2, 0) is 17.8 Å². The molecule has 0 radical (unpaired) electrons. The van der Waals surface area contributed by atoms with Crippen molar-refractivity contribution in [2.24, 2.45) is 0 Å². The lowest BCUT2D eigenvalue weighted by Crippen LogP contribution is -2.25. The van der Waals surface area contributed by atoms with E-state index < -0.39 is 0 Å². The average Bonchev–Trinajstić information content (AvgIpc) is 3.19. The van der Waals surface area contributed by atoms with Crippen LogP contribution in [0.15, 0.2) is 49.2 Å². The average molecular weight is 382 g/mol. The molecular weight excluding hydrogens is 360 g/mol. The Bertz CT molecular complexity index is 868. The first-order chi connectivity index (χ1) is 13.1. The zero-order valence-electron chi connectivity index (χ0n) is 15.2. The van der Waals surface area contributed by atoms with Gasteiger partial charge in [-0.05, 0) is 48.7 Å². The van der Waals surface area contributed by atoms with Gasteiger partial charge in [-0.2, -0.15) is 0 Å². The number of benzene rings is 1. The number of aromatic nitrogens is 1. The maximum atomic E-state index is 11.6. The maximum absolute atomic E-state index is 11.6. The normalized spacial score (nSPS) is 16.7. The van der Waals surface area contributed by atoms with Crippen molar-refractivity contribution in [1.82, 2.24) is 9.88 Å². The number of nitrogens with zero attached hydrogens (tertiary/aromatic N) is 1. The molecule has 2 aromatic rings. The highest BCUT2D eigenvalue weighted by molar-refractivity contribution is 8.15. The highest BCUT2D eigenvalue weighted by Crippen LogP contribution is 2.24. The molecule has 1 atom stereocenters. The fourth-order valence-corrected chi connectivity index (χ4v) is 3.84. The second-order valence-corrected chi connectivity index (χ2v) is 7.31. The van der Waals surface area contributed by atoms with E-state index >= 15 is 0 Å². The third kappa shape index (κ3) is 4.71. The summed E-state index contributed by atoms with van der Waals surface area (Å²) in [5.74, 6) is 0.562. The van der Waals surface area contributed by atoms with Gasteiger partial charge in [-0.1, -0.05) is 42.6 Å². The minimum atomic E-state index is -0.346. The number of carbonyl (C=O) groups excluding carboxylic acids is 2. The molecule has 140 valence electrons. The first-order valence-corrected chi connectivity index (χ1v) is 9.66.